The quantitative estimate of drug-likeness (QED) is 0.760. The van der Waals surface area contributed by atoms with Gasteiger partial charge in [0.2, 0.25) is 5.91 Å². The summed E-state index contributed by atoms with van der Waals surface area (Å²) in [5.74, 6) is -0.881. The van der Waals surface area contributed by atoms with Gasteiger partial charge in [0.25, 0.3) is 0 Å². The molecule has 2 aromatic carbocycles. The van der Waals surface area contributed by atoms with Crippen molar-refractivity contribution < 1.29 is 19.4 Å². The number of carboxylic acid groups (broad SMARTS) is 1. The molecule has 0 spiro atoms. The number of amides is 1. The second-order valence-electron chi connectivity index (χ2n) is 6.04. The third kappa shape index (κ3) is 7.08. The fourth-order valence-corrected chi connectivity index (χ4v) is 2.45. The Kier molecular flexibility index (Phi) is 7.01. The first-order valence-corrected chi connectivity index (χ1v) is 8.29. The van der Waals surface area contributed by atoms with E-state index in [0.29, 0.717) is 12.3 Å². The van der Waals surface area contributed by atoms with E-state index in [1.165, 1.54) is 5.56 Å². The van der Waals surface area contributed by atoms with E-state index in [1.807, 2.05) is 18.2 Å². The van der Waals surface area contributed by atoms with Gasteiger partial charge in [0.1, 0.15) is 5.75 Å². The molecule has 0 radical (unpaired) electrons. The number of rotatable bonds is 9. The highest BCUT2D eigenvalue weighted by Crippen LogP contribution is 2.17. The SMILES string of the molecule is C[C@@H](CC(=O)[O-])CC(=O)Nc1ccc(OCCc2ccccc2)cc1. The molecule has 0 fully saturated rings. The first-order chi connectivity index (χ1) is 12.0. The minimum Gasteiger partial charge on any atom is -0.550 e. The van der Waals surface area contributed by atoms with Crippen LogP contribution in [0.25, 0.3) is 0 Å². The molecule has 2 aromatic rings. The van der Waals surface area contributed by atoms with Crippen LogP contribution in [0.5, 0.6) is 5.75 Å². The number of carboxylic acids is 1. The molecule has 0 aliphatic rings. The number of nitrogens with one attached hydrogen (secondary N) is 1. The molecule has 1 N–H and O–H groups in total. The van der Waals surface area contributed by atoms with Crippen LogP contribution >= 0.6 is 0 Å². The topological polar surface area (TPSA) is 78.5 Å². The highest BCUT2D eigenvalue weighted by atomic mass is 16.5. The molecule has 0 unspecified atom stereocenters. The third-order valence-electron chi connectivity index (χ3n) is 3.69. The Labute approximate surface area is 147 Å². The van der Waals surface area contributed by atoms with Crippen LogP contribution in [0.1, 0.15) is 25.3 Å². The number of hydrogen-bond acceptors (Lipinski definition) is 4. The van der Waals surface area contributed by atoms with Gasteiger partial charge in [0.15, 0.2) is 0 Å². The zero-order chi connectivity index (χ0) is 18.1. The first kappa shape index (κ1) is 18.5. The lowest BCUT2D eigenvalue weighted by atomic mass is 10.0. The maximum absolute atomic E-state index is 11.9. The molecular weight excluding hydrogens is 318 g/mol. The molecule has 5 nitrogen and oxygen atoms in total. The maximum atomic E-state index is 11.9. The molecule has 2 rings (SSSR count). The number of anilines is 1. The average Bonchev–Trinajstić information content (AvgIpc) is 2.56. The minimum atomic E-state index is -1.14. The summed E-state index contributed by atoms with van der Waals surface area (Å²) in [7, 11) is 0. The summed E-state index contributed by atoms with van der Waals surface area (Å²) >= 11 is 0. The molecule has 1 amide bonds. The van der Waals surface area contributed by atoms with Crippen molar-refractivity contribution in [2.75, 3.05) is 11.9 Å². The summed E-state index contributed by atoms with van der Waals surface area (Å²) in [6.07, 6.45) is 0.848. The van der Waals surface area contributed by atoms with E-state index in [1.54, 1.807) is 31.2 Å². The van der Waals surface area contributed by atoms with Gasteiger partial charge < -0.3 is 20.0 Å². The van der Waals surface area contributed by atoms with Crippen molar-refractivity contribution in [3.05, 3.63) is 60.2 Å². The molecule has 5 heteroatoms. The molecule has 1 atom stereocenters. The Balaban J connectivity index is 1.75. The summed E-state index contributed by atoms with van der Waals surface area (Å²) < 4.78 is 5.69. The lowest BCUT2D eigenvalue weighted by molar-refractivity contribution is -0.306. The smallest absolute Gasteiger partial charge is 0.224 e. The Morgan fingerprint density at radius 2 is 1.72 bits per heavy atom. The number of benzene rings is 2. The second kappa shape index (κ2) is 9.47. The molecule has 25 heavy (non-hydrogen) atoms. The van der Waals surface area contributed by atoms with Crippen molar-refractivity contribution >= 4 is 17.6 Å². The van der Waals surface area contributed by atoms with Gasteiger partial charge in [0.05, 0.1) is 6.61 Å². The van der Waals surface area contributed by atoms with Crippen LogP contribution < -0.4 is 15.2 Å². The standard InChI is InChI=1S/C20H23NO4/c1-15(14-20(23)24)13-19(22)21-17-7-9-18(10-8-17)25-12-11-16-5-3-2-4-6-16/h2-10,15H,11-14H2,1H3,(H,21,22)(H,23,24)/p-1/t15-/m1/s1. The normalized spacial score (nSPS) is 11.6. The van der Waals surface area contributed by atoms with Crippen LogP contribution in [-0.4, -0.2) is 18.5 Å². The van der Waals surface area contributed by atoms with Crippen LogP contribution in [0.15, 0.2) is 54.6 Å². The van der Waals surface area contributed by atoms with Gasteiger partial charge in [-0.25, -0.2) is 0 Å². The summed E-state index contributed by atoms with van der Waals surface area (Å²) in [4.78, 5) is 22.4. The van der Waals surface area contributed by atoms with Crippen molar-refractivity contribution in [1.29, 1.82) is 0 Å². The molecule has 0 aromatic heterocycles. The Morgan fingerprint density at radius 3 is 2.36 bits per heavy atom. The van der Waals surface area contributed by atoms with Crippen molar-refractivity contribution in [3.8, 4) is 5.75 Å². The Morgan fingerprint density at radius 1 is 1.04 bits per heavy atom. The largest absolute Gasteiger partial charge is 0.550 e. The zero-order valence-corrected chi connectivity index (χ0v) is 14.2. The van der Waals surface area contributed by atoms with Gasteiger partial charge in [-0.2, -0.15) is 0 Å². The van der Waals surface area contributed by atoms with Gasteiger partial charge in [0, 0.05) is 24.5 Å². The third-order valence-corrected chi connectivity index (χ3v) is 3.69. The van der Waals surface area contributed by atoms with Gasteiger partial charge in [-0.15, -0.1) is 0 Å². The van der Waals surface area contributed by atoms with Crippen molar-refractivity contribution in [2.45, 2.75) is 26.2 Å². The molecule has 0 bridgehead atoms. The summed E-state index contributed by atoms with van der Waals surface area (Å²) in [5, 5.41) is 13.3. The van der Waals surface area contributed by atoms with Crippen LogP contribution in [-0.2, 0) is 16.0 Å². The lowest BCUT2D eigenvalue weighted by Gasteiger charge is -2.12. The van der Waals surface area contributed by atoms with Crippen LogP contribution in [0.4, 0.5) is 5.69 Å². The van der Waals surface area contributed by atoms with E-state index in [0.717, 1.165) is 12.2 Å². The van der Waals surface area contributed by atoms with Gasteiger partial charge in [-0.1, -0.05) is 37.3 Å². The second-order valence-corrected chi connectivity index (χ2v) is 6.04. The fourth-order valence-electron chi connectivity index (χ4n) is 2.45. The number of hydrogen-bond donors (Lipinski definition) is 1. The molecule has 0 aliphatic heterocycles. The van der Waals surface area contributed by atoms with Crippen LogP contribution in [0, 0.1) is 5.92 Å². The van der Waals surface area contributed by atoms with E-state index < -0.39 is 5.97 Å². The molecule has 0 heterocycles. The predicted molar refractivity (Wildman–Crippen MR) is 94.1 cm³/mol. The van der Waals surface area contributed by atoms with Gasteiger partial charge in [-0.3, -0.25) is 4.79 Å². The van der Waals surface area contributed by atoms with E-state index >= 15 is 0 Å². The molecule has 0 aliphatic carbocycles. The van der Waals surface area contributed by atoms with Crippen molar-refractivity contribution in [1.82, 2.24) is 0 Å². The Hall–Kier alpha value is -2.82. The summed E-state index contributed by atoms with van der Waals surface area (Å²) in [5.41, 5.74) is 1.87. The molecule has 0 saturated heterocycles. The number of aliphatic carboxylic acids is 1. The predicted octanol–water partition coefficient (Wildman–Crippen LogP) is 2.41. The van der Waals surface area contributed by atoms with Gasteiger partial charge >= 0.3 is 0 Å². The van der Waals surface area contributed by atoms with E-state index in [-0.39, 0.29) is 24.7 Å². The maximum Gasteiger partial charge on any atom is 0.224 e. The van der Waals surface area contributed by atoms with Gasteiger partial charge in [-0.05, 0) is 42.2 Å². The van der Waals surface area contributed by atoms with E-state index in [4.69, 9.17) is 4.74 Å². The molecular formula is C20H22NO4-. The summed E-state index contributed by atoms with van der Waals surface area (Å²) in [6, 6.07) is 17.2. The minimum absolute atomic E-state index is 0.123. The lowest BCUT2D eigenvalue weighted by Crippen LogP contribution is -2.26. The van der Waals surface area contributed by atoms with Crippen molar-refractivity contribution in [2.24, 2.45) is 5.92 Å². The van der Waals surface area contributed by atoms with Crippen LogP contribution in [0.3, 0.4) is 0 Å². The number of ether oxygens (including phenoxy) is 1. The molecule has 0 saturated carbocycles. The highest BCUT2D eigenvalue weighted by molar-refractivity contribution is 5.91. The monoisotopic (exact) mass is 340 g/mol. The van der Waals surface area contributed by atoms with E-state index in [2.05, 4.69) is 17.4 Å². The Bertz CT molecular complexity index is 683. The fraction of sp³-hybridized carbons (Fsp3) is 0.300. The van der Waals surface area contributed by atoms with Crippen molar-refractivity contribution in [3.63, 3.8) is 0 Å². The van der Waals surface area contributed by atoms with E-state index in [9.17, 15) is 14.7 Å². The average molecular weight is 340 g/mol. The number of carbonyl (C=O) groups is 2. The summed E-state index contributed by atoms with van der Waals surface area (Å²) in [6.45, 7) is 2.29. The molecule has 132 valence electrons. The van der Waals surface area contributed by atoms with Crippen LogP contribution in [0.2, 0.25) is 0 Å². The highest BCUT2D eigenvalue weighted by Gasteiger charge is 2.09. The first-order valence-electron chi connectivity index (χ1n) is 8.29. The number of carbonyl (C=O) groups excluding carboxylic acids is 2. The zero-order valence-electron chi connectivity index (χ0n) is 14.2.